The number of hydrogen-bond donors (Lipinski definition) is 2. The Kier molecular flexibility index (Phi) is 3.97. The van der Waals surface area contributed by atoms with E-state index >= 15 is 0 Å². The molecule has 0 aromatic carbocycles. The number of rotatable bonds is 5. The number of carbonyl (C=O) groups is 2. The zero-order valence-electron chi connectivity index (χ0n) is 9.84. The maximum absolute atomic E-state index is 11.4. The fraction of sp³-hybridized carbons (Fsp3) is 0.444. The lowest BCUT2D eigenvalue weighted by Crippen LogP contribution is -2.32. The molecule has 0 aliphatic heterocycles. The molecular formula is C9H12N4O5. The van der Waals surface area contributed by atoms with Gasteiger partial charge in [0.1, 0.15) is 24.5 Å². The van der Waals surface area contributed by atoms with Crippen LogP contribution in [0.15, 0.2) is 0 Å². The van der Waals surface area contributed by atoms with Gasteiger partial charge in [0.05, 0.1) is 4.92 Å². The third-order valence-corrected chi connectivity index (χ3v) is 2.26. The first kappa shape index (κ1) is 13.6. The van der Waals surface area contributed by atoms with E-state index in [1.807, 2.05) is 0 Å². The smallest absolute Gasteiger partial charge is 0.322 e. The second kappa shape index (κ2) is 5.25. The summed E-state index contributed by atoms with van der Waals surface area (Å²) < 4.78 is 1.17. The van der Waals surface area contributed by atoms with Crippen LogP contribution >= 0.6 is 0 Å². The highest BCUT2D eigenvalue weighted by molar-refractivity contribution is 5.81. The standard InChI is InChI=1S/C9H12N4O5/c1-5-9(13(17)18)6(2)12(11-5)4-7(14)10-3-8(15)16/h3-4H2,1-2H3,(H,10,14)(H,15,16). The highest BCUT2D eigenvalue weighted by Crippen LogP contribution is 2.21. The number of aromatic nitrogens is 2. The number of carbonyl (C=O) groups excluding carboxylic acids is 1. The van der Waals surface area contributed by atoms with Gasteiger partial charge in [0.15, 0.2) is 0 Å². The van der Waals surface area contributed by atoms with Gasteiger partial charge in [-0.25, -0.2) is 0 Å². The number of carboxylic acid groups (broad SMARTS) is 1. The minimum absolute atomic E-state index is 0.138. The fourth-order valence-electron chi connectivity index (χ4n) is 1.47. The van der Waals surface area contributed by atoms with Gasteiger partial charge in [0, 0.05) is 0 Å². The lowest BCUT2D eigenvalue weighted by Gasteiger charge is -2.03. The van der Waals surface area contributed by atoms with E-state index in [1.54, 1.807) is 0 Å². The van der Waals surface area contributed by atoms with E-state index in [1.165, 1.54) is 18.5 Å². The molecule has 1 aromatic heterocycles. The summed E-state index contributed by atoms with van der Waals surface area (Å²) in [6, 6.07) is 0. The largest absolute Gasteiger partial charge is 0.480 e. The normalized spacial score (nSPS) is 10.1. The Morgan fingerprint density at radius 2 is 2.11 bits per heavy atom. The number of carboxylic acids is 1. The third kappa shape index (κ3) is 3.03. The average Bonchev–Trinajstić information content (AvgIpc) is 2.51. The average molecular weight is 256 g/mol. The van der Waals surface area contributed by atoms with Crippen molar-refractivity contribution in [2.45, 2.75) is 20.4 Å². The summed E-state index contributed by atoms with van der Waals surface area (Å²) in [7, 11) is 0. The molecule has 0 saturated carbocycles. The van der Waals surface area contributed by atoms with Crippen molar-refractivity contribution in [2.24, 2.45) is 0 Å². The first-order valence-electron chi connectivity index (χ1n) is 4.99. The van der Waals surface area contributed by atoms with Crippen molar-refractivity contribution < 1.29 is 19.6 Å². The molecule has 0 fully saturated rings. The van der Waals surface area contributed by atoms with Crippen LogP contribution in [0, 0.1) is 24.0 Å². The first-order chi connectivity index (χ1) is 8.32. The first-order valence-corrected chi connectivity index (χ1v) is 4.99. The molecule has 0 unspecified atom stereocenters. The number of nitrogens with one attached hydrogen (secondary N) is 1. The molecule has 0 aliphatic carbocycles. The van der Waals surface area contributed by atoms with Gasteiger partial charge in [-0.05, 0) is 13.8 Å². The van der Waals surface area contributed by atoms with Gasteiger partial charge < -0.3 is 10.4 Å². The van der Waals surface area contributed by atoms with E-state index in [-0.39, 0.29) is 23.6 Å². The van der Waals surface area contributed by atoms with Crippen molar-refractivity contribution in [1.82, 2.24) is 15.1 Å². The second-order valence-corrected chi connectivity index (χ2v) is 3.60. The Morgan fingerprint density at radius 1 is 1.50 bits per heavy atom. The summed E-state index contributed by atoms with van der Waals surface area (Å²) in [6.45, 7) is 2.19. The molecule has 0 atom stereocenters. The van der Waals surface area contributed by atoms with Gasteiger partial charge in [-0.15, -0.1) is 0 Å². The zero-order valence-corrected chi connectivity index (χ0v) is 9.84. The van der Waals surface area contributed by atoms with Crippen LogP contribution in [0.25, 0.3) is 0 Å². The molecule has 0 radical (unpaired) electrons. The van der Waals surface area contributed by atoms with Crippen molar-refractivity contribution in [1.29, 1.82) is 0 Å². The van der Waals surface area contributed by atoms with Crippen LogP contribution in [0.5, 0.6) is 0 Å². The summed E-state index contributed by atoms with van der Waals surface area (Å²) in [4.78, 5) is 31.8. The molecule has 2 N–H and O–H groups in total. The number of nitrogens with zero attached hydrogens (tertiary/aromatic N) is 3. The fourth-order valence-corrected chi connectivity index (χ4v) is 1.47. The molecule has 18 heavy (non-hydrogen) atoms. The van der Waals surface area contributed by atoms with Gasteiger partial charge >= 0.3 is 11.7 Å². The summed E-state index contributed by atoms with van der Waals surface area (Å²) in [6.07, 6.45) is 0. The van der Waals surface area contributed by atoms with E-state index < -0.39 is 23.3 Å². The van der Waals surface area contributed by atoms with Crippen LogP contribution in [0.3, 0.4) is 0 Å². The molecular weight excluding hydrogens is 244 g/mol. The SMILES string of the molecule is Cc1nn(CC(=O)NCC(=O)O)c(C)c1[N+](=O)[O-]. The predicted molar refractivity (Wildman–Crippen MR) is 59.0 cm³/mol. The molecule has 0 spiro atoms. The Bertz CT molecular complexity index is 507. The van der Waals surface area contributed by atoms with Crippen molar-refractivity contribution in [3.05, 3.63) is 21.5 Å². The molecule has 9 nitrogen and oxygen atoms in total. The number of nitro groups is 1. The van der Waals surface area contributed by atoms with Crippen LogP contribution in [0.1, 0.15) is 11.4 Å². The van der Waals surface area contributed by atoms with Crippen LogP contribution in [0.2, 0.25) is 0 Å². The predicted octanol–water partition coefficient (Wildman–Crippen LogP) is -0.391. The molecule has 0 saturated heterocycles. The van der Waals surface area contributed by atoms with Crippen molar-refractivity contribution in [3.63, 3.8) is 0 Å². The van der Waals surface area contributed by atoms with E-state index in [2.05, 4.69) is 10.4 Å². The van der Waals surface area contributed by atoms with Crippen LogP contribution in [-0.4, -0.2) is 38.2 Å². The second-order valence-electron chi connectivity index (χ2n) is 3.60. The van der Waals surface area contributed by atoms with Gasteiger partial charge in [0.25, 0.3) is 0 Å². The van der Waals surface area contributed by atoms with Gasteiger partial charge in [-0.2, -0.15) is 5.10 Å². The lowest BCUT2D eigenvalue weighted by atomic mass is 10.3. The highest BCUT2D eigenvalue weighted by atomic mass is 16.6. The Labute approximate surface area is 102 Å². The van der Waals surface area contributed by atoms with Crippen molar-refractivity contribution in [2.75, 3.05) is 6.54 Å². The Hall–Kier alpha value is -2.45. The Balaban J connectivity index is 2.80. The maximum Gasteiger partial charge on any atom is 0.322 e. The highest BCUT2D eigenvalue weighted by Gasteiger charge is 2.22. The van der Waals surface area contributed by atoms with Gasteiger partial charge in [-0.1, -0.05) is 0 Å². The maximum atomic E-state index is 11.4. The number of amides is 1. The van der Waals surface area contributed by atoms with E-state index in [0.717, 1.165) is 0 Å². The molecule has 1 amide bonds. The van der Waals surface area contributed by atoms with Crippen LogP contribution in [0.4, 0.5) is 5.69 Å². The van der Waals surface area contributed by atoms with Crippen LogP contribution < -0.4 is 5.32 Å². The van der Waals surface area contributed by atoms with Gasteiger partial charge in [-0.3, -0.25) is 24.4 Å². The third-order valence-electron chi connectivity index (χ3n) is 2.26. The minimum atomic E-state index is -1.16. The summed E-state index contributed by atoms with van der Waals surface area (Å²) >= 11 is 0. The number of hydrogen-bond acceptors (Lipinski definition) is 5. The van der Waals surface area contributed by atoms with Crippen LogP contribution in [-0.2, 0) is 16.1 Å². The summed E-state index contributed by atoms with van der Waals surface area (Å²) in [5, 5.41) is 25.1. The number of aliphatic carboxylic acids is 1. The van der Waals surface area contributed by atoms with Crippen molar-refractivity contribution in [3.8, 4) is 0 Å². The quantitative estimate of drug-likeness (QED) is 0.545. The topological polar surface area (TPSA) is 127 Å². The molecule has 98 valence electrons. The summed E-state index contributed by atoms with van der Waals surface area (Å²) in [5.41, 5.74) is 0.326. The molecule has 9 heteroatoms. The monoisotopic (exact) mass is 256 g/mol. The summed E-state index contributed by atoms with van der Waals surface area (Å²) in [5.74, 6) is -1.74. The van der Waals surface area contributed by atoms with E-state index in [0.29, 0.717) is 0 Å². The molecule has 1 aromatic rings. The van der Waals surface area contributed by atoms with Gasteiger partial charge in [0.2, 0.25) is 5.91 Å². The van der Waals surface area contributed by atoms with E-state index in [4.69, 9.17) is 5.11 Å². The van der Waals surface area contributed by atoms with Crippen molar-refractivity contribution >= 4 is 17.6 Å². The van der Waals surface area contributed by atoms with E-state index in [9.17, 15) is 19.7 Å². The molecule has 1 heterocycles. The lowest BCUT2D eigenvalue weighted by molar-refractivity contribution is -0.386. The Morgan fingerprint density at radius 3 is 2.56 bits per heavy atom. The number of aryl methyl sites for hydroxylation is 1. The molecule has 0 aliphatic rings. The molecule has 0 bridgehead atoms. The molecule has 1 rings (SSSR count). The zero-order chi connectivity index (χ0) is 13.9. The minimum Gasteiger partial charge on any atom is -0.480 e.